The summed E-state index contributed by atoms with van der Waals surface area (Å²) >= 11 is 0. The van der Waals surface area contributed by atoms with Crippen LogP contribution in [0, 0.1) is 11.3 Å². The summed E-state index contributed by atoms with van der Waals surface area (Å²) < 4.78 is 7.02. The third kappa shape index (κ3) is 3.60. The summed E-state index contributed by atoms with van der Waals surface area (Å²) in [6.07, 6.45) is 1.36. The molecule has 3 aromatic rings. The van der Waals surface area contributed by atoms with Crippen LogP contribution in [0.2, 0.25) is 0 Å². The zero-order chi connectivity index (χ0) is 16.1. The van der Waals surface area contributed by atoms with Crippen molar-refractivity contribution >= 4 is 5.78 Å². The molecule has 0 amide bonds. The number of hydrogen-bond acceptors (Lipinski definition) is 5. The number of nitrogens with zero attached hydrogens (tertiary/aromatic N) is 4. The highest BCUT2D eigenvalue weighted by atomic mass is 16.5. The predicted molar refractivity (Wildman–Crippen MR) is 82.0 cm³/mol. The fourth-order valence-corrected chi connectivity index (χ4v) is 1.99. The van der Waals surface area contributed by atoms with E-state index >= 15 is 0 Å². The number of hydrogen-bond donors (Lipinski definition) is 0. The summed E-state index contributed by atoms with van der Waals surface area (Å²) in [5.74, 6) is 1.31. The summed E-state index contributed by atoms with van der Waals surface area (Å²) in [5.41, 5.74) is 0.541. The molecule has 112 valence electrons. The highest BCUT2D eigenvalue weighted by molar-refractivity contribution is 5.95. The van der Waals surface area contributed by atoms with E-state index in [0.717, 1.165) is 5.75 Å². The van der Waals surface area contributed by atoms with Crippen molar-refractivity contribution in [3.05, 3.63) is 72.3 Å². The van der Waals surface area contributed by atoms with E-state index < -0.39 is 0 Å². The number of carbonyl (C=O) groups excluding carboxylic acids is 1. The maximum Gasteiger partial charge on any atom is 0.252 e. The van der Waals surface area contributed by atoms with Gasteiger partial charge in [0.25, 0.3) is 5.82 Å². The maximum absolute atomic E-state index is 12.2. The fourth-order valence-electron chi connectivity index (χ4n) is 1.99. The molecule has 2 aromatic carbocycles. The molecule has 6 heteroatoms. The second kappa shape index (κ2) is 6.54. The Morgan fingerprint density at radius 2 is 1.78 bits per heavy atom. The minimum atomic E-state index is -0.120. The third-order valence-electron chi connectivity index (χ3n) is 3.10. The van der Waals surface area contributed by atoms with Gasteiger partial charge in [-0.25, -0.2) is 9.67 Å². The molecule has 6 nitrogen and oxygen atoms in total. The van der Waals surface area contributed by atoms with Crippen LogP contribution < -0.4 is 4.74 Å². The summed E-state index contributed by atoms with van der Waals surface area (Å²) in [6, 6.07) is 18.1. The molecule has 1 heterocycles. The van der Waals surface area contributed by atoms with E-state index in [4.69, 9.17) is 10.00 Å². The van der Waals surface area contributed by atoms with Crippen molar-refractivity contribution in [2.75, 3.05) is 0 Å². The Labute approximate surface area is 132 Å². The van der Waals surface area contributed by atoms with Crippen LogP contribution in [0.5, 0.6) is 11.5 Å². The Morgan fingerprint density at radius 3 is 2.43 bits per heavy atom. The molecule has 0 bridgehead atoms. The number of rotatable bonds is 5. The molecule has 23 heavy (non-hydrogen) atoms. The SMILES string of the molecule is N#Cc1ncn(CC(=O)c2ccc(Oc3ccccc3)cc2)n1. The quantitative estimate of drug-likeness (QED) is 0.677. The number of aromatic nitrogens is 3. The molecule has 3 rings (SSSR count). The molecule has 0 N–H and O–H groups in total. The molecule has 0 aliphatic heterocycles. The van der Waals surface area contributed by atoms with Gasteiger partial charge < -0.3 is 4.74 Å². The summed E-state index contributed by atoms with van der Waals surface area (Å²) in [5, 5.41) is 12.5. The standard InChI is InChI=1S/C17H12N4O2/c18-10-17-19-12-21(20-17)11-16(22)13-6-8-15(9-7-13)23-14-4-2-1-3-5-14/h1-9,12H,11H2. The summed E-state index contributed by atoms with van der Waals surface area (Å²) in [7, 11) is 0. The molecule has 1 aromatic heterocycles. The van der Waals surface area contributed by atoms with Gasteiger partial charge in [0.1, 0.15) is 30.4 Å². The van der Waals surface area contributed by atoms with E-state index in [2.05, 4.69) is 10.1 Å². The minimum absolute atomic E-state index is 0.0353. The zero-order valence-corrected chi connectivity index (χ0v) is 12.1. The van der Waals surface area contributed by atoms with Crippen LogP contribution in [0.4, 0.5) is 0 Å². The van der Waals surface area contributed by atoms with Gasteiger partial charge in [0.05, 0.1) is 0 Å². The van der Waals surface area contributed by atoms with Gasteiger partial charge in [-0.1, -0.05) is 18.2 Å². The van der Waals surface area contributed by atoms with Crippen molar-refractivity contribution in [2.45, 2.75) is 6.54 Å². The number of para-hydroxylation sites is 1. The lowest BCUT2D eigenvalue weighted by Gasteiger charge is -2.06. The van der Waals surface area contributed by atoms with Crippen LogP contribution in [0.3, 0.4) is 0 Å². The van der Waals surface area contributed by atoms with Gasteiger partial charge in [-0.05, 0) is 36.4 Å². The largest absolute Gasteiger partial charge is 0.457 e. The first-order valence-electron chi connectivity index (χ1n) is 6.90. The van der Waals surface area contributed by atoms with Gasteiger partial charge in [-0.2, -0.15) is 5.26 Å². The first kappa shape index (κ1) is 14.5. The summed E-state index contributed by atoms with van der Waals surface area (Å²) in [4.78, 5) is 15.9. The molecule has 0 saturated heterocycles. The topological polar surface area (TPSA) is 80.8 Å². The number of Topliss-reactive ketones (excluding diaryl/α,β-unsaturated/α-hetero) is 1. The van der Waals surface area contributed by atoms with Crippen molar-refractivity contribution in [1.29, 1.82) is 5.26 Å². The fraction of sp³-hybridized carbons (Fsp3) is 0.0588. The zero-order valence-electron chi connectivity index (χ0n) is 12.1. The van der Waals surface area contributed by atoms with Gasteiger partial charge >= 0.3 is 0 Å². The van der Waals surface area contributed by atoms with E-state index in [1.54, 1.807) is 24.3 Å². The van der Waals surface area contributed by atoms with Crippen molar-refractivity contribution in [2.24, 2.45) is 0 Å². The highest BCUT2D eigenvalue weighted by Crippen LogP contribution is 2.21. The lowest BCUT2D eigenvalue weighted by Crippen LogP contribution is -2.11. The lowest BCUT2D eigenvalue weighted by molar-refractivity contribution is 0.0967. The second-order valence-electron chi connectivity index (χ2n) is 4.74. The molecule has 0 spiro atoms. The average molecular weight is 304 g/mol. The van der Waals surface area contributed by atoms with E-state index in [1.165, 1.54) is 11.0 Å². The lowest BCUT2D eigenvalue weighted by atomic mass is 10.1. The molecule has 0 aliphatic rings. The van der Waals surface area contributed by atoms with Crippen LogP contribution in [-0.4, -0.2) is 20.5 Å². The number of carbonyl (C=O) groups is 1. The van der Waals surface area contributed by atoms with Gasteiger partial charge in [-0.15, -0.1) is 5.10 Å². The van der Waals surface area contributed by atoms with Gasteiger partial charge in [0, 0.05) is 5.56 Å². The Kier molecular flexibility index (Phi) is 4.11. The van der Waals surface area contributed by atoms with Crippen molar-refractivity contribution in [1.82, 2.24) is 14.8 Å². The molecule has 0 unspecified atom stereocenters. The Balaban J connectivity index is 1.66. The van der Waals surface area contributed by atoms with E-state index in [-0.39, 0.29) is 18.2 Å². The van der Waals surface area contributed by atoms with E-state index in [0.29, 0.717) is 11.3 Å². The van der Waals surface area contributed by atoms with Crippen LogP contribution in [-0.2, 0) is 6.54 Å². The van der Waals surface area contributed by atoms with Crippen LogP contribution in [0.25, 0.3) is 0 Å². The molecule has 0 saturated carbocycles. The minimum Gasteiger partial charge on any atom is -0.457 e. The molecule has 0 fully saturated rings. The molecule has 0 atom stereocenters. The van der Waals surface area contributed by atoms with Crippen LogP contribution in [0.15, 0.2) is 60.9 Å². The predicted octanol–water partition coefficient (Wildman–Crippen LogP) is 2.82. The number of nitriles is 1. The Hall–Kier alpha value is -3.46. The Bertz CT molecular complexity index is 848. The van der Waals surface area contributed by atoms with Crippen LogP contribution in [0.1, 0.15) is 16.2 Å². The molecule has 0 aliphatic carbocycles. The second-order valence-corrected chi connectivity index (χ2v) is 4.74. The van der Waals surface area contributed by atoms with Gasteiger partial charge in [-0.3, -0.25) is 4.79 Å². The van der Waals surface area contributed by atoms with E-state index in [1.807, 2.05) is 36.4 Å². The maximum atomic E-state index is 12.2. The van der Waals surface area contributed by atoms with E-state index in [9.17, 15) is 4.79 Å². The van der Waals surface area contributed by atoms with Crippen molar-refractivity contribution in [3.8, 4) is 17.6 Å². The highest BCUT2D eigenvalue weighted by Gasteiger charge is 2.09. The molecule has 0 radical (unpaired) electrons. The first-order chi connectivity index (χ1) is 11.2. The smallest absolute Gasteiger partial charge is 0.252 e. The van der Waals surface area contributed by atoms with Gasteiger partial charge in [0.2, 0.25) is 0 Å². The molecular weight excluding hydrogens is 292 g/mol. The number of benzene rings is 2. The number of ketones is 1. The Morgan fingerprint density at radius 1 is 1.09 bits per heavy atom. The first-order valence-corrected chi connectivity index (χ1v) is 6.90. The number of ether oxygens (including phenoxy) is 1. The van der Waals surface area contributed by atoms with Crippen LogP contribution >= 0.6 is 0 Å². The third-order valence-corrected chi connectivity index (χ3v) is 3.10. The normalized spacial score (nSPS) is 10.0. The molecular formula is C17H12N4O2. The average Bonchev–Trinajstić information content (AvgIpc) is 3.04. The van der Waals surface area contributed by atoms with Crippen molar-refractivity contribution in [3.63, 3.8) is 0 Å². The van der Waals surface area contributed by atoms with Gasteiger partial charge in [0.15, 0.2) is 5.78 Å². The van der Waals surface area contributed by atoms with Crippen molar-refractivity contribution < 1.29 is 9.53 Å². The monoisotopic (exact) mass is 304 g/mol. The summed E-state index contributed by atoms with van der Waals surface area (Å²) in [6.45, 7) is 0.0353.